The van der Waals surface area contributed by atoms with Crippen molar-refractivity contribution in [3.63, 3.8) is 0 Å². The summed E-state index contributed by atoms with van der Waals surface area (Å²) in [5.74, 6) is 3.46. The maximum Gasteiger partial charge on any atom is 0.134 e. The van der Waals surface area contributed by atoms with Crippen molar-refractivity contribution in [2.75, 3.05) is 18.1 Å². The van der Waals surface area contributed by atoms with Crippen molar-refractivity contribution in [3.8, 4) is 0 Å². The van der Waals surface area contributed by atoms with Gasteiger partial charge >= 0.3 is 0 Å². The SMILES string of the molecule is CC1CSCCN1Cc1oc2ccccc2c1CN. The molecule has 0 radical (unpaired) electrons. The molecule has 102 valence electrons. The second-order valence-electron chi connectivity index (χ2n) is 5.10. The molecule has 1 saturated heterocycles. The number of rotatable bonds is 3. The molecule has 0 spiro atoms. The van der Waals surface area contributed by atoms with Crippen molar-refractivity contribution in [1.82, 2.24) is 4.90 Å². The third-order valence-electron chi connectivity index (χ3n) is 3.84. The molecule has 0 aliphatic carbocycles. The summed E-state index contributed by atoms with van der Waals surface area (Å²) >= 11 is 2.04. The molecule has 0 amide bonds. The molecule has 1 aliphatic rings. The van der Waals surface area contributed by atoms with Gasteiger partial charge in [-0.05, 0) is 13.0 Å². The van der Waals surface area contributed by atoms with Crippen molar-refractivity contribution >= 4 is 22.7 Å². The van der Waals surface area contributed by atoms with Crippen LogP contribution in [0.15, 0.2) is 28.7 Å². The average molecular weight is 276 g/mol. The molecule has 1 aromatic carbocycles. The quantitative estimate of drug-likeness (QED) is 0.936. The first-order chi connectivity index (χ1) is 9.29. The highest BCUT2D eigenvalue weighted by Gasteiger charge is 2.22. The third kappa shape index (κ3) is 2.53. The maximum absolute atomic E-state index is 6.01. The largest absolute Gasteiger partial charge is 0.459 e. The van der Waals surface area contributed by atoms with E-state index in [1.807, 2.05) is 30.0 Å². The maximum atomic E-state index is 6.01. The smallest absolute Gasteiger partial charge is 0.134 e. The van der Waals surface area contributed by atoms with E-state index in [4.69, 9.17) is 10.2 Å². The van der Waals surface area contributed by atoms with Gasteiger partial charge in [-0.3, -0.25) is 4.90 Å². The number of para-hydroxylation sites is 1. The van der Waals surface area contributed by atoms with Crippen LogP contribution < -0.4 is 5.73 Å². The van der Waals surface area contributed by atoms with E-state index >= 15 is 0 Å². The van der Waals surface area contributed by atoms with E-state index in [1.54, 1.807) is 0 Å². The summed E-state index contributed by atoms with van der Waals surface area (Å²) in [6.45, 7) is 4.84. The summed E-state index contributed by atoms with van der Waals surface area (Å²) in [5.41, 5.74) is 8.04. The van der Waals surface area contributed by atoms with E-state index in [9.17, 15) is 0 Å². The van der Waals surface area contributed by atoms with Crippen LogP contribution in [0.3, 0.4) is 0 Å². The molecule has 1 aliphatic heterocycles. The Hall–Kier alpha value is -0.970. The Morgan fingerprint density at radius 1 is 1.42 bits per heavy atom. The number of hydrogen-bond donors (Lipinski definition) is 1. The molecule has 19 heavy (non-hydrogen) atoms. The Bertz CT molecular complexity index is 566. The molecule has 3 rings (SSSR count). The molecule has 0 saturated carbocycles. The molecule has 1 aromatic heterocycles. The van der Waals surface area contributed by atoms with E-state index in [0.29, 0.717) is 12.6 Å². The van der Waals surface area contributed by atoms with E-state index in [2.05, 4.69) is 17.9 Å². The standard InChI is InChI=1S/C15H20N2OS/c1-11-10-19-7-6-17(11)9-15-13(8-16)12-4-2-3-5-14(12)18-15/h2-5,11H,6-10,16H2,1H3. The molecular weight excluding hydrogens is 256 g/mol. The molecule has 3 nitrogen and oxygen atoms in total. The van der Waals surface area contributed by atoms with Crippen LogP contribution in [0.1, 0.15) is 18.2 Å². The first-order valence-corrected chi connectivity index (χ1v) is 7.96. The zero-order valence-electron chi connectivity index (χ0n) is 11.3. The summed E-state index contributed by atoms with van der Waals surface area (Å²) in [7, 11) is 0. The lowest BCUT2D eigenvalue weighted by molar-refractivity contribution is 0.207. The Kier molecular flexibility index (Phi) is 3.82. The van der Waals surface area contributed by atoms with Crippen LogP contribution in [0.25, 0.3) is 11.0 Å². The Labute approximate surface area is 118 Å². The van der Waals surface area contributed by atoms with Gasteiger partial charge in [-0.25, -0.2) is 0 Å². The highest BCUT2D eigenvalue weighted by molar-refractivity contribution is 7.99. The molecule has 4 heteroatoms. The number of benzene rings is 1. The number of nitrogens with two attached hydrogens (primary N) is 1. The zero-order valence-corrected chi connectivity index (χ0v) is 12.1. The minimum Gasteiger partial charge on any atom is -0.459 e. The predicted octanol–water partition coefficient (Wildman–Crippen LogP) is 2.83. The topological polar surface area (TPSA) is 42.4 Å². The van der Waals surface area contributed by atoms with E-state index in [-0.39, 0.29) is 0 Å². The number of fused-ring (bicyclic) bond motifs is 1. The fraction of sp³-hybridized carbons (Fsp3) is 0.467. The number of furan rings is 1. The highest BCUT2D eigenvalue weighted by atomic mass is 32.2. The molecule has 0 bridgehead atoms. The van der Waals surface area contributed by atoms with Crippen molar-refractivity contribution in [2.45, 2.75) is 26.1 Å². The minimum absolute atomic E-state index is 0.545. The van der Waals surface area contributed by atoms with Crippen LogP contribution >= 0.6 is 11.8 Å². The Morgan fingerprint density at radius 2 is 2.26 bits per heavy atom. The summed E-state index contributed by atoms with van der Waals surface area (Å²) < 4.78 is 6.01. The summed E-state index contributed by atoms with van der Waals surface area (Å²) in [6, 6.07) is 8.78. The van der Waals surface area contributed by atoms with Crippen molar-refractivity contribution in [3.05, 3.63) is 35.6 Å². The molecule has 1 unspecified atom stereocenters. The van der Waals surface area contributed by atoms with Gasteiger partial charge in [0.1, 0.15) is 11.3 Å². The van der Waals surface area contributed by atoms with Crippen LogP contribution in [0.2, 0.25) is 0 Å². The number of nitrogens with zero attached hydrogens (tertiary/aromatic N) is 1. The average Bonchev–Trinajstić information content (AvgIpc) is 2.78. The van der Waals surface area contributed by atoms with Gasteiger partial charge in [0.2, 0.25) is 0 Å². The van der Waals surface area contributed by atoms with Gasteiger partial charge in [0.05, 0.1) is 6.54 Å². The van der Waals surface area contributed by atoms with Crippen molar-refractivity contribution < 1.29 is 4.42 Å². The molecular formula is C15H20N2OS. The van der Waals surface area contributed by atoms with Crippen LogP contribution in [0, 0.1) is 0 Å². The molecule has 1 fully saturated rings. The van der Waals surface area contributed by atoms with E-state index in [1.165, 1.54) is 22.5 Å². The Balaban J connectivity index is 1.91. The monoisotopic (exact) mass is 276 g/mol. The van der Waals surface area contributed by atoms with E-state index in [0.717, 1.165) is 24.4 Å². The first-order valence-electron chi connectivity index (χ1n) is 6.80. The summed E-state index contributed by atoms with van der Waals surface area (Å²) in [4.78, 5) is 2.49. The van der Waals surface area contributed by atoms with Crippen LogP contribution in [0.4, 0.5) is 0 Å². The molecule has 2 aromatic rings. The lowest BCUT2D eigenvalue weighted by atomic mass is 10.1. The fourth-order valence-electron chi connectivity index (χ4n) is 2.68. The lowest BCUT2D eigenvalue weighted by Crippen LogP contribution is -2.39. The van der Waals surface area contributed by atoms with Gasteiger partial charge in [0, 0.05) is 41.6 Å². The van der Waals surface area contributed by atoms with Crippen LogP contribution in [0.5, 0.6) is 0 Å². The number of thioether (sulfide) groups is 1. The first kappa shape index (κ1) is 13.0. The fourth-order valence-corrected chi connectivity index (χ4v) is 3.76. The van der Waals surface area contributed by atoms with Gasteiger partial charge < -0.3 is 10.2 Å². The van der Waals surface area contributed by atoms with Gasteiger partial charge in [-0.15, -0.1) is 0 Å². The van der Waals surface area contributed by atoms with Crippen LogP contribution in [-0.2, 0) is 13.1 Å². The zero-order chi connectivity index (χ0) is 13.2. The summed E-state index contributed by atoms with van der Waals surface area (Å²) in [5, 5.41) is 1.17. The van der Waals surface area contributed by atoms with Gasteiger partial charge in [-0.1, -0.05) is 18.2 Å². The van der Waals surface area contributed by atoms with Gasteiger partial charge in [-0.2, -0.15) is 11.8 Å². The molecule has 2 heterocycles. The van der Waals surface area contributed by atoms with Gasteiger partial charge in [0.25, 0.3) is 0 Å². The second kappa shape index (κ2) is 5.57. The van der Waals surface area contributed by atoms with Crippen molar-refractivity contribution in [1.29, 1.82) is 0 Å². The lowest BCUT2D eigenvalue weighted by Gasteiger charge is -2.32. The molecule has 1 atom stereocenters. The Morgan fingerprint density at radius 3 is 3.05 bits per heavy atom. The predicted molar refractivity (Wildman–Crippen MR) is 81.3 cm³/mol. The van der Waals surface area contributed by atoms with Gasteiger partial charge in [0.15, 0.2) is 0 Å². The summed E-state index contributed by atoms with van der Waals surface area (Å²) in [6.07, 6.45) is 0. The second-order valence-corrected chi connectivity index (χ2v) is 6.25. The number of hydrogen-bond acceptors (Lipinski definition) is 4. The molecule has 2 N–H and O–H groups in total. The van der Waals surface area contributed by atoms with Crippen LogP contribution in [-0.4, -0.2) is 29.0 Å². The normalized spacial score (nSPS) is 21.1. The van der Waals surface area contributed by atoms with E-state index < -0.39 is 0 Å². The highest BCUT2D eigenvalue weighted by Crippen LogP contribution is 2.28. The minimum atomic E-state index is 0.545. The third-order valence-corrected chi connectivity index (χ3v) is 5.03. The van der Waals surface area contributed by atoms with Crippen molar-refractivity contribution in [2.24, 2.45) is 5.73 Å².